The molecule has 5 rings (SSSR count). The number of benzene rings is 2. The fraction of sp³-hybridized carbons (Fsp3) is 0.417. The van der Waals surface area contributed by atoms with Gasteiger partial charge in [-0.3, -0.25) is 0 Å². The lowest BCUT2D eigenvalue weighted by Gasteiger charge is -2.23. The molecule has 2 aromatic carbocycles. The van der Waals surface area contributed by atoms with Crippen LogP contribution in [0.15, 0.2) is 36.4 Å². The second-order valence-electron chi connectivity index (χ2n) is 8.33. The molecular formula is C24H26FN3O4. The van der Waals surface area contributed by atoms with E-state index in [1.54, 1.807) is 10.7 Å². The van der Waals surface area contributed by atoms with Crippen molar-refractivity contribution >= 4 is 17.0 Å². The van der Waals surface area contributed by atoms with Crippen LogP contribution in [0.2, 0.25) is 0 Å². The predicted octanol–water partition coefficient (Wildman–Crippen LogP) is 4.94. The highest BCUT2D eigenvalue weighted by molar-refractivity contribution is 5.94. The highest BCUT2D eigenvalue weighted by Crippen LogP contribution is 2.36. The van der Waals surface area contributed by atoms with Crippen LogP contribution in [0.3, 0.4) is 0 Å². The molecule has 7 nitrogen and oxygen atoms in total. The fourth-order valence-corrected chi connectivity index (χ4v) is 4.24. The lowest BCUT2D eigenvalue weighted by Crippen LogP contribution is -2.28. The van der Waals surface area contributed by atoms with Gasteiger partial charge in [-0.25, -0.2) is 13.9 Å². The zero-order valence-electron chi connectivity index (χ0n) is 18.0. The molecule has 2 atom stereocenters. The molecule has 0 aliphatic carbocycles. The van der Waals surface area contributed by atoms with Crippen molar-refractivity contribution in [3.8, 4) is 17.0 Å². The van der Waals surface area contributed by atoms with Crippen molar-refractivity contribution in [2.75, 3.05) is 13.2 Å². The Morgan fingerprint density at radius 3 is 2.94 bits per heavy atom. The summed E-state index contributed by atoms with van der Waals surface area (Å²) in [5.41, 5.74) is 3.09. The van der Waals surface area contributed by atoms with Gasteiger partial charge < -0.3 is 19.5 Å². The molecule has 1 fully saturated rings. The van der Waals surface area contributed by atoms with Crippen molar-refractivity contribution in [1.29, 1.82) is 0 Å². The van der Waals surface area contributed by atoms with Gasteiger partial charge in [-0.15, -0.1) is 0 Å². The van der Waals surface area contributed by atoms with Crippen molar-refractivity contribution < 1.29 is 23.4 Å². The molecule has 168 valence electrons. The first-order chi connectivity index (χ1) is 15.6. The highest BCUT2D eigenvalue weighted by atomic mass is 19.1. The number of carbonyl (C=O) groups excluding carboxylic acids is 1. The summed E-state index contributed by atoms with van der Waals surface area (Å²) in [5, 5.41) is 8.36. The second-order valence-corrected chi connectivity index (χ2v) is 8.33. The van der Waals surface area contributed by atoms with E-state index in [9.17, 15) is 4.79 Å². The molecule has 1 aromatic heterocycles. The number of alkyl carbamates (subject to hydrolysis) is 1. The molecule has 3 aromatic rings. The lowest BCUT2D eigenvalue weighted by atomic mass is 10.0. The summed E-state index contributed by atoms with van der Waals surface area (Å²) in [6.07, 6.45) is 2.38. The number of aromatic nitrogens is 2. The SMILES string of the molecule is C[C@@H]1CCNC(=O)OCc2cccc(c2)-c2nn(C3CCCCO3)c3cc(F)c(cc23)O1. The van der Waals surface area contributed by atoms with Gasteiger partial charge in [0.2, 0.25) is 0 Å². The summed E-state index contributed by atoms with van der Waals surface area (Å²) in [7, 11) is 0. The average Bonchev–Trinajstić information content (AvgIpc) is 3.16. The van der Waals surface area contributed by atoms with Crippen LogP contribution < -0.4 is 10.1 Å². The Morgan fingerprint density at radius 2 is 2.09 bits per heavy atom. The van der Waals surface area contributed by atoms with Gasteiger partial charge in [-0.05, 0) is 43.9 Å². The standard InChI is InChI=1S/C24H26FN3O4/c1-15-8-9-26-24(29)31-14-16-5-4-6-17(11-16)23-18-12-21(32-15)19(25)13-20(18)28(27-23)22-7-2-3-10-30-22/h4-6,11-13,15,22H,2-3,7-10,14H2,1H3,(H,26,29)/t15-,22?/m1/s1. The number of hydrogen-bond donors (Lipinski definition) is 1. The van der Waals surface area contributed by atoms with Gasteiger partial charge in [-0.2, -0.15) is 5.10 Å². The Bertz CT molecular complexity index is 1140. The third-order valence-electron chi connectivity index (χ3n) is 5.91. The van der Waals surface area contributed by atoms with Crippen LogP contribution in [0.25, 0.3) is 22.2 Å². The maximum absolute atomic E-state index is 15.1. The van der Waals surface area contributed by atoms with Gasteiger partial charge in [0.25, 0.3) is 0 Å². The average molecular weight is 439 g/mol. The number of amides is 1. The van der Waals surface area contributed by atoms with Crippen LogP contribution in [-0.4, -0.2) is 35.1 Å². The van der Waals surface area contributed by atoms with Gasteiger partial charge in [0, 0.05) is 36.6 Å². The monoisotopic (exact) mass is 439 g/mol. The second kappa shape index (κ2) is 8.78. The number of fused-ring (bicyclic) bond motifs is 4. The van der Waals surface area contributed by atoms with E-state index in [0.717, 1.165) is 35.8 Å². The molecule has 0 saturated carbocycles. The van der Waals surface area contributed by atoms with E-state index in [2.05, 4.69) is 5.32 Å². The first-order valence-electron chi connectivity index (χ1n) is 11.1. The fourth-order valence-electron chi connectivity index (χ4n) is 4.24. The van der Waals surface area contributed by atoms with Gasteiger partial charge >= 0.3 is 6.09 Å². The van der Waals surface area contributed by atoms with E-state index in [1.807, 2.05) is 31.2 Å². The number of nitrogens with one attached hydrogen (secondary N) is 1. The van der Waals surface area contributed by atoms with Gasteiger partial charge in [0.05, 0.1) is 11.6 Å². The van der Waals surface area contributed by atoms with E-state index >= 15 is 4.39 Å². The van der Waals surface area contributed by atoms with E-state index in [0.29, 0.717) is 30.8 Å². The van der Waals surface area contributed by atoms with Gasteiger partial charge in [0.1, 0.15) is 12.3 Å². The van der Waals surface area contributed by atoms with Crippen LogP contribution in [0, 0.1) is 5.82 Å². The largest absolute Gasteiger partial charge is 0.488 e. The Labute approximate surface area is 185 Å². The van der Waals surface area contributed by atoms with Crippen molar-refractivity contribution in [3.05, 3.63) is 47.8 Å². The molecule has 1 unspecified atom stereocenters. The molecular weight excluding hydrogens is 413 g/mol. The lowest BCUT2D eigenvalue weighted by molar-refractivity contribution is -0.0365. The summed E-state index contributed by atoms with van der Waals surface area (Å²) < 4.78 is 34.0. The zero-order chi connectivity index (χ0) is 22.1. The Hall–Kier alpha value is -3.13. The number of cyclic esters (lactones) is 1. The van der Waals surface area contributed by atoms with Crippen LogP contribution in [0.1, 0.15) is 44.4 Å². The third-order valence-corrected chi connectivity index (χ3v) is 5.91. The molecule has 2 aliphatic heterocycles. The van der Waals surface area contributed by atoms with Crippen molar-refractivity contribution in [2.45, 2.75) is 51.5 Å². The van der Waals surface area contributed by atoms with E-state index in [1.165, 1.54) is 6.07 Å². The van der Waals surface area contributed by atoms with Crippen LogP contribution in [-0.2, 0) is 16.1 Å². The van der Waals surface area contributed by atoms with Crippen LogP contribution in [0.5, 0.6) is 5.75 Å². The van der Waals surface area contributed by atoms with E-state index in [-0.39, 0.29) is 24.7 Å². The minimum atomic E-state index is -0.495. The minimum absolute atomic E-state index is 0.149. The predicted molar refractivity (Wildman–Crippen MR) is 117 cm³/mol. The summed E-state index contributed by atoms with van der Waals surface area (Å²) >= 11 is 0. The first kappa shape index (κ1) is 20.8. The maximum atomic E-state index is 15.1. The number of hydrogen-bond acceptors (Lipinski definition) is 5. The highest BCUT2D eigenvalue weighted by Gasteiger charge is 2.24. The number of nitrogens with zero attached hydrogens (tertiary/aromatic N) is 2. The summed E-state index contributed by atoms with van der Waals surface area (Å²) in [4.78, 5) is 12.0. The summed E-state index contributed by atoms with van der Waals surface area (Å²) in [6, 6.07) is 10.9. The summed E-state index contributed by atoms with van der Waals surface area (Å²) in [6.45, 7) is 3.03. The Kier molecular flexibility index (Phi) is 5.70. The molecule has 4 bridgehead atoms. The topological polar surface area (TPSA) is 74.6 Å². The smallest absolute Gasteiger partial charge is 0.407 e. The molecule has 1 saturated heterocycles. The molecule has 8 heteroatoms. The van der Waals surface area contributed by atoms with Crippen molar-refractivity contribution in [3.63, 3.8) is 0 Å². The first-order valence-corrected chi connectivity index (χ1v) is 11.1. The summed E-state index contributed by atoms with van der Waals surface area (Å²) in [5.74, 6) is -0.276. The number of ether oxygens (including phenoxy) is 3. The molecule has 0 radical (unpaired) electrons. The van der Waals surface area contributed by atoms with Crippen LogP contribution in [0.4, 0.5) is 9.18 Å². The molecule has 3 heterocycles. The Morgan fingerprint density at radius 1 is 1.19 bits per heavy atom. The Balaban J connectivity index is 1.66. The van der Waals surface area contributed by atoms with Crippen LogP contribution >= 0.6 is 0 Å². The number of rotatable bonds is 1. The van der Waals surface area contributed by atoms with Gasteiger partial charge in [0.15, 0.2) is 17.8 Å². The van der Waals surface area contributed by atoms with E-state index < -0.39 is 11.9 Å². The zero-order valence-corrected chi connectivity index (χ0v) is 18.0. The number of carbonyl (C=O) groups is 1. The minimum Gasteiger partial charge on any atom is -0.488 e. The quantitative estimate of drug-likeness (QED) is 0.581. The third kappa shape index (κ3) is 4.14. The molecule has 2 aliphatic rings. The normalized spacial score (nSPS) is 21.9. The molecule has 0 spiro atoms. The van der Waals surface area contributed by atoms with Gasteiger partial charge in [-0.1, -0.05) is 18.2 Å². The van der Waals surface area contributed by atoms with Crippen molar-refractivity contribution in [1.82, 2.24) is 15.1 Å². The molecule has 32 heavy (non-hydrogen) atoms. The molecule has 1 amide bonds. The number of halogens is 1. The molecule has 1 N–H and O–H groups in total. The van der Waals surface area contributed by atoms with E-state index in [4.69, 9.17) is 19.3 Å². The van der Waals surface area contributed by atoms with Crippen molar-refractivity contribution in [2.24, 2.45) is 0 Å². The maximum Gasteiger partial charge on any atom is 0.407 e.